The van der Waals surface area contributed by atoms with Gasteiger partial charge in [0.25, 0.3) is 0 Å². The highest BCUT2D eigenvalue weighted by atomic mass is 16.3. The highest BCUT2D eigenvalue weighted by molar-refractivity contribution is 5.52. The number of aromatic nitrogens is 6. The number of hydrogen-bond acceptors (Lipinski definition) is 5. The molecule has 1 atom stereocenters. The van der Waals surface area contributed by atoms with Gasteiger partial charge >= 0.3 is 0 Å². The third-order valence-corrected chi connectivity index (χ3v) is 3.23. The fourth-order valence-corrected chi connectivity index (χ4v) is 2.24. The molecular weight excluding hydrogens is 256 g/mol. The summed E-state index contributed by atoms with van der Waals surface area (Å²) < 4.78 is 3.51. The average molecular weight is 272 g/mol. The fourth-order valence-electron chi connectivity index (χ4n) is 2.24. The molecule has 0 saturated heterocycles. The zero-order valence-electron chi connectivity index (χ0n) is 11.4. The molecule has 104 valence electrons. The topological polar surface area (TPSA) is 81.1 Å². The van der Waals surface area contributed by atoms with Crippen LogP contribution in [-0.2, 0) is 6.42 Å². The molecule has 0 fully saturated rings. The standard InChI is InChI=1S/C13H16N6O/c1-9(2)19-13(15-8-17-19)5-12(20)10-6-16-18-4-3-14-7-11(10)18/h3-4,6-9,12,20H,5H2,1-2H3. The Morgan fingerprint density at radius 3 is 2.90 bits per heavy atom. The van der Waals surface area contributed by atoms with Gasteiger partial charge < -0.3 is 5.11 Å². The summed E-state index contributed by atoms with van der Waals surface area (Å²) in [6.07, 6.45) is 8.00. The molecule has 3 aromatic heterocycles. The molecule has 0 aliphatic carbocycles. The van der Waals surface area contributed by atoms with Crippen LogP contribution in [0.2, 0.25) is 0 Å². The van der Waals surface area contributed by atoms with Crippen molar-refractivity contribution in [2.45, 2.75) is 32.4 Å². The SMILES string of the molecule is CC(C)n1ncnc1CC(O)c1cnn2ccncc12. The van der Waals surface area contributed by atoms with Gasteiger partial charge in [0.05, 0.1) is 24.0 Å². The van der Waals surface area contributed by atoms with E-state index in [0.29, 0.717) is 6.42 Å². The fraction of sp³-hybridized carbons (Fsp3) is 0.385. The maximum Gasteiger partial charge on any atom is 0.138 e. The molecule has 20 heavy (non-hydrogen) atoms. The van der Waals surface area contributed by atoms with E-state index in [0.717, 1.165) is 16.9 Å². The van der Waals surface area contributed by atoms with Gasteiger partial charge in [-0.2, -0.15) is 10.2 Å². The molecule has 7 nitrogen and oxygen atoms in total. The Balaban J connectivity index is 1.89. The molecule has 0 bridgehead atoms. The summed E-state index contributed by atoms with van der Waals surface area (Å²) in [5.41, 5.74) is 1.55. The highest BCUT2D eigenvalue weighted by Gasteiger charge is 2.18. The minimum atomic E-state index is -0.682. The quantitative estimate of drug-likeness (QED) is 0.771. The summed E-state index contributed by atoms with van der Waals surface area (Å²) in [4.78, 5) is 8.28. The van der Waals surface area contributed by atoms with Gasteiger partial charge in [-0.05, 0) is 13.8 Å². The Hall–Kier alpha value is -2.28. The van der Waals surface area contributed by atoms with Gasteiger partial charge in [0.1, 0.15) is 12.2 Å². The lowest BCUT2D eigenvalue weighted by atomic mass is 10.1. The minimum Gasteiger partial charge on any atom is -0.388 e. The Bertz CT molecular complexity index is 716. The van der Waals surface area contributed by atoms with Crippen molar-refractivity contribution < 1.29 is 5.11 Å². The molecule has 0 aliphatic heterocycles. The molecule has 0 radical (unpaired) electrons. The van der Waals surface area contributed by atoms with Crippen LogP contribution in [-0.4, -0.2) is 34.5 Å². The molecule has 0 amide bonds. The monoisotopic (exact) mass is 272 g/mol. The minimum absolute atomic E-state index is 0.213. The van der Waals surface area contributed by atoms with Crippen molar-refractivity contribution in [2.75, 3.05) is 0 Å². The lowest BCUT2D eigenvalue weighted by Crippen LogP contribution is -2.12. The molecule has 0 saturated carbocycles. The van der Waals surface area contributed by atoms with E-state index in [2.05, 4.69) is 20.2 Å². The van der Waals surface area contributed by atoms with Crippen LogP contribution in [0.15, 0.2) is 31.1 Å². The number of aliphatic hydroxyl groups excluding tert-OH is 1. The first-order valence-electron chi connectivity index (χ1n) is 6.50. The van der Waals surface area contributed by atoms with Crippen LogP contribution in [0.1, 0.15) is 37.4 Å². The summed E-state index contributed by atoms with van der Waals surface area (Å²) in [5, 5.41) is 18.8. The van der Waals surface area contributed by atoms with Gasteiger partial charge in [-0.3, -0.25) is 4.98 Å². The first kappa shape index (κ1) is 12.7. The van der Waals surface area contributed by atoms with Crippen molar-refractivity contribution in [1.82, 2.24) is 29.4 Å². The van der Waals surface area contributed by atoms with Crippen molar-refractivity contribution in [3.63, 3.8) is 0 Å². The van der Waals surface area contributed by atoms with Crippen LogP contribution < -0.4 is 0 Å². The van der Waals surface area contributed by atoms with Crippen LogP contribution in [0.3, 0.4) is 0 Å². The lowest BCUT2D eigenvalue weighted by Gasteiger charge is -2.12. The average Bonchev–Trinajstić information content (AvgIpc) is 3.04. The van der Waals surface area contributed by atoms with Crippen LogP contribution in [0.4, 0.5) is 0 Å². The molecule has 1 N–H and O–H groups in total. The van der Waals surface area contributed by atoms with Crippen molar-refractivity contribution in [2.24, 2.45) is 0 Å². The number of rotatable bonds is 4. The smallest absolute Gasteiger partial charge is 0.138 e. The number of aliphatic hydroxyl groups is 1. The normalized spacial score (nSPS) is 13.2. The maximum absolute atomic E-state index is 10.4. The second kappa shape index (κ2) is 5.01. The number of nitrogens with zero attached hydrogens (tertiary/aromatic N) is 6. The first-order valence-corrected chi connectivity index (χ1v) is 6.50. The summed E-state index contributed by atoms with van der Waals surface area (Å²) in [6, 6.07) is 0.213. The summed E-state index contributed by atoms with van der Waals surface area (Å²) in [6.45, 7) is 4.06. The Morgan fingerprint density at radius 2 is 2.10 bits per heavy atom. The van der Waals surface area contributed by atoms with E-state index in [9.17, 15) is 5.11 Å². The molecule has 3 aromatic rings. The molecule has 0 spiro atoms. The number of fused-ring (bicyclic) bond motifs is 1. The van der Waals surface area contributed by atoms with Gasteiger partial charge in [0.15, 0.2) is 0 Å². The van der Waals surface area contributed by atoms with Gasteiger partial charge in [-0.1, -0.05) is 0 Å². The van der Waals surface area contributed by atoms with Crippen LogP contribution >= 0.6 is 0 Å². The lowest BCUT2D eigenvalue weighted by molar-refractivity contribution is 0.175. The predicted molar refractivity (Wildman–Crippen MR) is 72.1 cm³/mol. The molecule has 3 heterocycles. The zero-order valence-corrected chi connectivity index (χ0v) is 11.4. The Kier molecular flexibility index (Phi) is 3.19. The number of hydrogen-bond donors (Lipinski definition) is 1. The highest BCUT2D eigenvalue weighted by Crippen LogP contribution is 2.22. The Morgan fingerprint density at radius 1 is 1.25 bits per heavy atom. The Labute approximate surface area is 115 Å². The van der Waals surface area contributed by atoms with Crippen LogP contribution in [0.25, 0.3) is 5.52 Å². The van der Waals surface area contributed by atoms with E-state index >= 15 is 0 Å². The third-order valence-electron chi connectivity index (χ3n) is 3.23. The van der Waals surface area contributed by atoms with Gasteiger partial charge in [-0.15, -0.1) is 0 Å². The summed E-state index contributed by atoms with van der Waals surface area (Å²) in [7, 11) is 0. The van der Waals surface area contributed by atoms with Crippen molar-refractivity contribution in [1.29, 1.82) is 0 Å². The van der Waals surface area contributed by atoms with Crippen LogP contribution in [0.5, 0.6) is 0 Å². The second-order valence-electron chi connectivity index (χ2n) is 4.94. The zero-order chi connectivity index (χ0) is 14.1. The second-order valence-corrected chi connectivity index (χ2v) is 4.94. The van der Waals surface area contributed by atoms with Crippen molar-refractivity contribution in [3.05, 3.63) is 42.5 Å². The molecular formula is C13H16N6O. The van der Waals surface area contributed by atoms with Gasteiger partial charge in [-0.25, -0.2) is 14.2 Å². The summed E-state index contributed by atoms with van der Waals surface area (Å²) >= 11 is 0. The van der Waals surface area contributed by atoms with E-state index < -0.39 is 6.10 Å². The van der Waals surface area contributed by atoms with E-state index in [1.54, 1.807) is 29.3 Å². The van der Waals surface area contributed by atoms with E-state index in [4.69, 9.17) is 0 Å². The van der Waals surface area contributed by atoms with Gasteiger partial charge in [0, 0.05) is 30.4 Å². The molecule has 0 aromatic carbocycles. The largest absolute Gasteiger partial charge is 0.388 e. The summed E-state index contributed by atoms with van der Waals surface area (Å²) in [5.74, 6) is 0.760. The van der Waals surface area contributed by atoms with E-state index in [-0.39, 0.29) is 6.04 Å². The molecule has 0 aliphatic rings. The predicted octanol–water partition coefficient (Wildman–Crippen LogP) is 1.18. The van der Waals surface area contributed by atoms with Crippen LogP contribution in [0, 0.1) is 0 Å². The first-order chi connectivity index (χ1) is 9.66. The molecule has 3 rings (SSSR count). The maximum atomic E-state index is 10.4. The van der Waals surface area contributed by atoms with Crippen molar-refractivity contribution >= 4 is 5.52 Å². The molecule has 1 unspecified atom stereocenters. The van der Waals surface area contributed by atoms with Crippen molar-refractivity contribution in [3.8, 4) is 0 Å². The molecule has 7 heteroatoms. The van der Waals surface area contributed by atoms with E-state index in [1.165, 1.54) is 6.33 Å². The van der Waals surface area contributed by atoms with E-state index in [1.807, 2.05) is 18.5 Å². The van der Waals surface area contributed by atoms with Gasteiger partial charge in [0.2, 0.25) is 0 Å². The third kappa shape index (κ3) is 2.16.